The molecule has 0 radical (unpaired) electrons. The van der Waals surface area contributed by atoms with Crippen molar-refractivity contribution in [1.82, 2.24) is 29.6 Å². The molecule has 3 rings (SSSR count). The van der Waals surface area contributed by atoms with Gasteiger partial charge in [0.15, 0.2) is 0 Å². The van der Waals surface area contributed by atoms with Gasteiger partial charge >= 0.3 is 0 Å². The third kappa shape index (κ3) is 4.26. The van der Waals surface area contributed by atoms with Crippen molar-refractivity contribution in [2.45, 2.75) is 25.6 Å². The van der Waals surface area contributed by atoms with Crippen LogP contribution >= 0.6 is 0 Å². The first-order valence-electron chi connectivity index (χ1n) is 7.44. The van der Waals surface area contributed by atoms with E-state index in [2.05, 4.69) is 20.4 Å². The Morgan fingerprint density at radius 1 is 1.17 bits per heavy atom. The van der Waals surface area contributed by atoms with Gasteiger partial charge in [0, 0.05) is 25.4 Å². The molecule has 1 N–H and O–H groups in total. The molecule has 0 spiro atoms. The molecule has 2 heterocycles. The third-order valence-corrected chi connectivity index (χ3v) is 3.52. The van der Waals surface area contributed by atoms with E-state index in [1.54, 1.807) is 23.5 Å². The highest BCUT2D eigenvalue weighted by molar-refractivity contribution is 5.76. The van der Waals surface area contributed by atoms with Gasteiger partial charge in [0.1, 0.15) is 12.7 Å². The van der Waals surface area contributed by atoms with Gasteiger partial charge in [-0.1, -0.05) is 30.3 Å². The quantitative estimate of drug-likeness (QED) is 0.716. The monoisotopic (exact) mass is 310 g/mol. The summed E-state index contributed by atoms with van der Waals surface area (Å²) in [4.78, 5) is 20.2. The zero-order chi connectivity index (χ0) is 15.9. The molecule has 1 atom stereocenters. The Labute approximate surface area is 134 Å². The van der Waals surface area contributed by atoms with Crippen molar-refractivity contribution in [3.63, 3.8) is 0 Å². The molecule has 7 heteroatoms. The average molecular weight is 310 g/mol. The molecular weight excluding hydrogens is 292 g/mol. The maximum absolute atomic E-state index is 12.3. The predicted molar refractivity (Wildman–Crippen MR) is 84.2 cm³/mol. The molecule has 0 aliphatic carbocycles. The Kier molecular flexibility index (Phi) is 4.78. The zero-order valence-corrected chi connectivity index (χ0v) is 12.6. The number of imidazole rings is 1. The lowest BCUT2D eigenvalue weighted by atomic mass is 10.1. The second kappa shape index (κ2) is 7.35. The fraction of sp³-hybridized carbons (Fsp3) is 0.250. The molecule has 118 valence electrons. The minimum Gasteiger partial charge on any atom is -0.347 e. The van der Waals surface area contributed by atoms with E-state index in [9.17, 15) is 4.79 Å². The van der Waals surface area contributed by atoms with E-state index in [1.165, 1.54) is 6.33 Å². The first-order valence-corrected chi connectivity index (χ1v) is 7.44. The smallest absolute Gasteiger partial charge is 0.222 e. The Morgan fingerprint density at radius 2 is 2.04 bits per heavy atom. The van der Waals surface area contributed by atoms with Gasteiger partial charge in [-0.15, -0.1) is 0 Å². The number of amides is 1. The summed E-state index contributed by atoms with van der Waals surface area (Å²) in [6.45, 7) is 1.15. The van der Waals surface area contributed by atoms with Gasteiger partial charge in [-0.3, -0.25) is 9.48 Å². The molecule has 0 saturated heterocycles. The number of aromatic nitrogens is 5. The van der Waals surface area contributed by atoms with Crippen LogP contribution in [0.2, 0.25) is 0 Å². The van der Waals surface area contributed by atoms with Crippen LogP contribution in [-0.4, -0.2) is 30.2 Å². The van der Waals surface area contributed by atoms with Crippen LogP contribution in [0.15, 0.2) is 61.7 Å². The molecular formula is C16H18N6O. The Balaban J connectivity index is 1.64. The van der Waals surface area contributed by atoms with E-state index >= 15 is 0 Å². The van der Waals surface area contributed by atoms with Crippen LogP contribution in [0.5, 0.6) is 0 Å². The van der Waals surface area contributed by atoms with Gasteiger partial charge in [0.05, 0.1) is 18.9 Å². The normalized spacial score (nSPS) is 12.0. The Hall–Kier alpha value is -2.96. The van der Waals surface area contributed by atoms with E-state index in [0.29, 0.717) is 19.5 Å². The van der Waals surface area contributed by atoms with Crippen LogP contribution in [0.4, 0.5) is 0 Å². The number of carbonyl (C=O) groups is 1. The topological polar surface area (TPSA) is 77.6 Å². The van der Waals surface area contributed by atoms with Crippen molar-refractivity contribution < 1.29 is 4.79 Å². The summed E-state index contributed by atoms with van der Waals surface area (Å²) in [6.07, 6.45) is 8.79. The van der Waals surface area contributed by atoms with E-state index < -0.39 is 0 Å². The first-order chi connectivity index (χ1) is 11.3. The van der Waals surface area contributed by atoms with Gasteiger partial charge in [-0.25, -0.2) is 9.97 Å². The SMILES string of the molecule is O=C(CCn1cncn1)N[C@@H](Cn1ccnc1)c1ccccc1. The maximum Gasteiger partial charge on any atom is 0.222 e. The lowest BCUT2D eigenvalue weighted by Gasteiger charge is -2.20. The summed E-state index contributed by atoms with van der Waals surface area (Å²) in [7, 11) is 0. The van der Waals surface area contributed by atoms with Crippen molar-refractivity contribution in [3.05, 3.63) is 67.3 Å². The number of hydrogen-bond donors (Lipinski definition) is 1. The largest absolute Gasteiger partial charge is 0.347 e. The molecule has 0 saturated carbocycles. The number of nitrogens with one attached hydrogen (secondary N) is 1. The van der Waals surface area contributed by atoms with Crippen LogP contribution in [0.1, 0.15) is 18.0 Å². The van der Waals surface area contributed by atoms with Crippen molar-refractivity contribution in [2.75, 3.05) is 0 Å². The van der Waals surface area contributed by atoms with Gasteiger partial charge < -0.3 is 9.88 Å². The van der Waals surface area contributed by atoms with E-state index in [4.69, 9.17) is 0 Å². The average Bonchev–Trinajstić information content (AvgIpc) is 3.27. The second-order valence-electron chi connectivity index (χ2n) is 5.20. The third-order valence-electron chi connectivity index (χ3n) is 3.52. The molecule has 0 unspecified atom stereocenters. The van der Waals surface area contributed by atoms with E-state index in [1.807, 2.05) is 41.1 Å². The standard InChI is InChI=1S/C16H18N6O/c23-16(6-8-22-13-18-11-19-22)20-15(10-21-9-7-17-12-21)14-4-2-1-3-5-14/h1-5,7,9,11-13,15H,6,8,10H2,(H,20,23)/t15-/m0/s1. The molecule has 0 bridgehead atoms. The van der Waals surface area contributed by atoms with E-state index in [0.717, 1.165) is 5.56 Å². The minimum atomic E-state index is -0.103. The molecule has 1 amide bonds. The van der Waals surface area contributed by atoms with Crippen molar-refractivity contribution in [2.24, 2.45) is 0 Å². The lowest BCUT2D eigenvalue weighted by molar-refractivity contribution is -0.122. The van der Waals surface area contributed by atoms with E-state index in [-0.39, 0.29) is 11.9 Å². The second-order valence-corrected chi connectivity index (χ2v) is 5.20. The Morgan fingerprint density at radius 3 is 2.74 bits per heavy atom. The van der Waals surface area contributed by atoms with Crippen molar-refractivity contribution in [3.8, 4) is 0 Å². The number of nitrogens with zero attached hydrogens (tertiary/aromatic N) is 5. The maximum atomic E-state index is 12.3. The highest BCUT2D eigenvalue weighted by Gasteiger charge is 2.15. The molecule has 23 heavy (non-hydrogen) atoms. The molecule has 0 fully saturated rings. The molecule has 2 aromatic heterocycles. The van der Waals surface area contributed by atoms with Crippen LogP contribution in [0.25, 0.3) is 0 Å². The summed E-state index contributed by atoms with van der Waals surface area (Å²) in [6, 6.07) is 9.83. The van der Waals surface area contributed by atoms with Crippen LogP contribution in [0.3, 0.4) is 0 Å². The summed E-state index contributed by atoms with van der Waals surface area (Å²) < 4.78 is 3.60. The lowest BCUT2D eigenvalue weighted by Crippen LogP contribution is -2.31. The van der Waals surface area contributed by atoms with Gasteiger partial charge in [0.25, 0.3) is 0 Å². The number of aryl methyl sites for hydroxylation is 1. The molecule has 1 aromatic carbocycles. The summed E-state index contributed by atoms with van der Waals surface area (Å²) in [5, 5.41) is 7.08. The molecule has 3 aromatic rings. The number of carbonyl (C=O) groups excluding carboxylic acids is 1. The van der Waals surface area contributed by atoms with Gasteiger partial charge in [-0.05, 0) is 5.56 Å². The van der Waals surface area contributed by atoms with Crippen LogP contribution in [0, 0.1) is 0 Å². The summed E-state index contributed by atoms with van der Waals surface area (Å²) in [5.74, 6) is -0.0190. The van der Waals surface area contributed by atoms with Crippen LogP contribution < -0.4 is 5.32 Å². The molecule has 7 nitrogen and oxygen atoms in total. The van der Waals surface area contributed by atoms with Gasteiger partial charge in [0.2, 0.25) is 5.91 Å². The fourth-order valence-electron chi connectivity index (χ4n) is 2.36. The zero-order valence-electron chi connectivity index (χ0n) is 12.6. The first kappa shape index (κ1) is 15.0. The van der Waals surface area contributed by atoms with Crippen LogP contribution in [-0.2, 0) is 17.9 Å². The summed E-state index contributed by atoms with van der Waals surface area (Å²) >= 11 is 0. The van der Waals surface area contributed by atoms with Crippen molar-refractivity contribution in [1.29, 1.82) is 0 Å². The van der Waals surface area contributed by atoms with Crippen molar-refractivity contribution >= 4 is 5.91 Å². The molecule has 0 aliphatic heterocycles. The predicted octanol–water partition coefficient (Wildman–Crippen LogP) is 1.42. The highest BCUT2D eigenvalue weighted by Crippen LogP contribution is 2.15. The highest BCUT2D eigenvalue weighted by atomic mass is 16.1. The number of benzene rings is 1. The Bertz CT molecular complexity index is 708. The number of hydrogen-bond acceptors (Lipinski definition) is 4. The fourth-order valence-corrected chi connectivity index (χ4v) is 2.36. The molecule has 0 aliphatic rings. The number of rotatable bonds is 7. The van der Waals surface area contributed by atoms with Gasteiger partial charge in [-0.2, -0.15) is 5.10 Å². The minimum absolute atomic E-state index is 0.0190. The summed E-state index contributed by atoms with van der Waals surface area (Å²) in [5.41, 5.74) is 1.07.